The van der Waals surface area contributed by atoms with Crippen molar-refractivity contribution in [1.29, 1.82) is 0 Å². The molecule has 0 radical (unpaired) electrons. The molecule has 1 aliphatic rings. The molecule has 0 N–H and O–H groups in total. The van der Waals surface area contributed by atoms with Gasteiger partial charge in [-0.3, -0.25) is 19.4 Å². The van der Waals surface area contributed by atoms with Crippen molar-refractivity contribution in [1.82, 2.24) is 9.80 Å². The molecule has 0 aromatic heterocycles. The Labute approximate surface area is 201 Å². The first-order valence-corrected chi connectivity index (χ1v) is 13.4. The Morgan fingerprint density at radius 1 is 0.625 bits per heavy atom. The first kappa shape index (κ1) is 25.0. The molecule has 0 atom stereocenters. The van der Waals surface area contributed by atoms with E-state index in [0.717, 1.165) is 47.1 Å². The maximum Gasteiger partial charge on any atom is 0.182 e. The number of hydrogen-bond donors (Lipinski definition) is 0. The second kappa shape index (κ2) is 10.1. The largest absolute Gasteiger partial charge is 0.292 e. The maximum absolute atomic E-state index is 13.3. The van der Waals surface area contributed by atoms with Crippen LogP contribution in [0.5, 0.6) is 0 Å². The number of hydrogen-bond acceptors (Lipinski definition) is 6. The number of ketones is 2. The van der Waals surface area contributed by atoms with Crippen molar-refractivity contribution < 1.29 is 9.59 Å². The second-order valence-corrected chi connectivity index (χ2v) is 11.0. The van der Waals surface area contributed by atoms with Crippen LogP contribution >= 0.6 is 23.5 Å². The highest BCUT2D eigenvalue weighted by Crippen LogP contribution is 2.28. The molecule has 2 aromatic rings. The van der Waals surface area contributed by atoms with Crippen molar-refractivity contribution in [3.63, 3.8) is 0 Å². The average molecular weight is 471 g/mol. The molecule has 0 unspecified atom stereocenters. The predicted molar refractivity (Wildman–Crippen MR) is 136 cm³/mol. The zero-order chi connectivity index (χ0) is 23.5. The molecule has 3 rings (SSSR count). The number of thioether (sulfide) groups is 2. The summed E-state index contributed by atoms with van der Waals surface area (Å²) in [5, 5.41) is 0. The molecule has 1 fully saturated rings. The summed E-state index contributed by atoms with van der Waals surface area (Å²) in [6.07, 6.45) is 4.07. The molecule has 4 nitrogen and oxygen atoms in total. The topological polar surface area (TPSA) is 40.6 Å². The third-order valence-corrected chi connectivity index (χ3v) is 8.16. The summed E-state index contributed by atoms with van der Waals surface area (Å²) < 4.78 is 0. The van der Waals surface area contributed by atoms with Gasteiger partial charge in [0.25, 0.3) is 0 Å². The number of Topliss-reactive ketones (excluding diaryl/α,β-unsaturated/α-hetero) is 2. The minimum Gasteiger partial charge on any atom is -0.292 e. The van der Waals surface area contributed by atoms with E-state index in [1.54, 1.807) is 23.5 Å². The van der Waals surface area contributed by atoms with Gasteiger partial charge >= 0.3 is 0 Å². The fourth-order valence-corrected chi connectivity index (χ4v) is 5.12. The monoisotopic (exact) mass is 470 g/mol. The molecule has 1 saturated heterocycles. The van der Waals surface area contributed by atoms with Crippen LogP contribution in [0, 0.1) is 0 Å². The van der Waals surface area contributed by atoms with Gasteiger partial charge in [-0.2, -0.15) is 0 Å². The van der Waals surface area contributed by atoms with Crippen molar-refractivity contribution in [2.75, 3.05) is 38.7 Å². The minimum atomic E-state index is -0.589. The lowest BCUT2D eigenvalue weighted by Gasteiger charge is -2.47. The van der Waals surface area contributed by atoms with Gasteiger partial charge in [0.05, 0.1) is 11.1 Å². The number of carbonyl (C=O) groups excluding carboxylic acids is 2. The van der Waals surface area contributed by atoms with Gasteiger partial charge in [-0.25, -0.2) is 0 Å². The van der Waals surface area contributed by atoms with Crippen molar-refractivity contribution in [3.05, 3.63) is 59.7 Å². The van der Waals surface area contributed by atoms with E-state index in [2.05, 4.69) is 9.80 Å². The molecule has 0 spiro atoms. The normalized spacial score (nSPS) is 16.2. The van der Waals surface area contributed by atoms with Gasteiger partial charge in [-0.05, 0) is 64.5 Å². The molecular formula is C26H34N2O2S2. The molecule has 1 aliphatic heterocycles. The van der Waals surface area contributed by atoms with E-state index in [1.165, 1.54) is 0 Å². The Balaban J connectivity index is 1.66. The zero-order valence-corrected chi connectivity index (χ0v) is 21.6. The molecule has 1 heterocycles. The van der Waals surface area contributed by atoms with Gasteiger partial charge < -0.3 is 0 Å². The highest BCUT2D eigenvalue weighted by molar-refractivity contribution is 7.98. The Morgan fingerprint density at radius 3 is 1.16 bits per heavy atom. The van der Waals surface area contributed by atoms with Gasteiger partial charge in [0.15, 0.2) is 11.6 Å². The molecule has 6 heteroatoms. The fourth-order valence-electron chi connectivity index (χ4n) is 4.30. The number of carbonyl (C=O) groups is 2. The van der Waals surface area contributed by atoms with Gasteiger partial charge in [-0.15, -0.1) is 23.5 Å². The van der Waals surface area contributed by atoms with E-state index >= 15 is 0 Å². The van der Waals surface area contributed by atoms with Crippen LogP contribution in [0.15, 0.2) is 58.3 Å². The van der Waals surface area contributed by atoms with Crippen LogP contribution in [0.3, 0.4) is 0 Å². The number of piperazine rings is 1. The molecule has 0 aliphatic carbocycles. The Morgan fingerprint density at radius 2 is 0.906 bits per heavy atom. The van der Waals surface area contributed by atoms with E-state index in [0.29, 0.717) is 0 Å². The lowest BCUT2D eigenvalue weighted by atomic mass is 9.88. The van der Waals surface area contributed by atoms with Crippen molar-refractivity contribution in [3.8, 4) is 0 Å². The minimum absolute atomic E-state index is 0.142. The fraction of sp³-hybridized carbons (Fsp3) is 0.462. The van der Waals surface area contributed by atoms with Crippen LogP contribution in [-0.4, -0.2) is 71.1 Å². The average Bonchev–Trinajstić information content (AvgIpc) is 2.83. The molecule has 32 heavy (non-hydrogen) atoms. The summed E-state index contributed by atoms with van der Waals surface area (Å²) in [7, 11) is 0. The second-order valence-electron chi connectivity index (χ2n) is 9.21. The van der Waals surface area contributed by atoms with E-state index in [-0.39, 0.29) is 11.6 Å². The molecule has 0 bridgehead atoms. The molecule has 2 aromatic carbocycles. The Hall–Kier alpha value is -1.60. The van der Waals surface area contributed by atoms with Gasteiger partial charge in [0, 0.05) is 47.1 Å². The van der Waals surface area contributed by atoms with Crippen LogP contribution in [-0.2, 0) is 0 Å². The number of rotatable bonds is 8. The van der Waals surface area contributed by atoms with Crippen molar-refractivity contribution >= 4 is 35.1 Å². The quantitative estimate of drug-likeness (QED) is 0.382. The standard InChI is InChI=1S/C26H34N2O2S2/c1-25(2,23(29)19-7-11-21(31-5)12-8-19)27-15-17-28(18-16-27)26(3,4)24(30)20-9-13-22(32-6)14-10-20/h7-14H,15-18H2,1-6H3. The lowest BCUT2D eigenvalue weighted by molar-refractivity contribution is 0.0133. The van der Waals surface area contributed by atoms with Gasteiger partial charge in [0.1, 0.15) is 0 Å². The van der Waals surface area contributed by atoms with Crippen molar-refractivity contribution in [2.24, 2.45) is 0 Å². The van der Waals surface area contributed by atoms with Crippen molar-refractivity contribution in [2.45, 2.75) is 48.6 Å². The van der Waals surface area contributed by atoms with E-state index in [4.69, 9.17) is 0 Å². The SMILES string of the molecule is CSc1ccc(C(=O)C(C)(C)N2CCN(C(C)(C)C(=O)c3ccc(SC)cc3)CC2)cc1. The van der Waals surface area contributed by atoms with Crippen LogP contribution in [0.1, 0.15) is 48.4 Å². The third kappa shape index (κ3) is 5.14. The highest BCUT2D eigenvalue weighted by atomic mass is 32.2. The molecular weight excluding hydrogens is 436 g/mol. The number of nitrogens with zero attached hydrogens (tertiary/aromatic N) is 2. The molecule has 0 amide bonds. The Kier molecular flexibility index (Phi) is 7.92. The lowest BCUT2D eigenvalue weighted by Crippen LogP contribution is -2.62. The zero-order valence-electron chi connectivity index (χ0n) is 20.0. The summed E-state index contributed by atoms with van der Waals surface area (Å²) in [5.74, 6) is 0.283. The molecule has 0 saturated carbocycles. The summed E-state index contributed by atoms with van der Waals surface area (Å²) >= 11 is 3.35. The predicted octanol–water partition coefficient (Wildman–Crippen LogP) is 5.37. The summed E-state index contributed by atoms with van der Waals surface area (Å²) in [6.45, 7) is 11.1. The van der Waals surface area contributed by atoms with Crippen LogP contribution in [0.2, 0.25) is 0 Å². The summed E-state index contributed by atoms with van der Waals surface area (Å²) in [4.78, 5) is 33.4. The summed E-state index contributed by atoms with van der Waals surface area (Å²) in [6, 6.07) is 15.7. The number of benzene rings is 2. The van der Waals surface area contributed by atoms with E-state index in [1.807, 2.05) is 88.7 Å². The first-order chi connectivity index (χ1) is 15.1. The molecule has 172 valence electrons. The van der Waals surface area contributed by atoms with Crippen LogP contribution in [0.4, 0.5) is 0 Å². The van der Waals surface area contributed by atoms with Crippen LogP contribution < -0.4 is 0 Å². The van der Waals surface area contributed by atoms with E-state index in [9.17, 15) is 9.59 Å². The third-order valence-electron chi connectivity index (χ3n) is 6.68. The van der Waals surface area contributed by atoms with Gasteiger partial charge in [-0.1, -0.05) is 24.3 Å². The summed E-state index contributed by atoms with van der Waals surface area (Å²) in [5.41, 5.74) is 0.322. The smallest absolute Gasteiger partial charge is 0.182 e. The van der Waals surface area contributed by atoms with E-state index < -0.39 is 11.1 Å². The Bertz CT molecular complexity index is 865. The van der Waals surface area contributed by atoms with Crippen LogP contribution in [0.25, 0.3) is 0 Å². The highest BCUT2D eigenvalue weighted by Gasteiger charge is 2.41. The van der Waals surface area contributed by atoms with Gasteiger partial charge in [0.2, 0.25) is 0 Å². The first-order valence-electron chi connectivity index (χ1n) is 11.0. The maximum atomic E-state index is 13.3.